The van der Waals surface area contributed by atoms with Crippen LogP contribution in [0.3, 0.4) is 0 Å². The Labute approximate surface area is 119 Å². The van der Waals surface area contributed by atoms with E-state index < -0.39 is 0 Å². The molecule has 1 aromatic carbocycles. The molecule has 0 saturated heterocycles. The maximum Gasteiger partial charge on any atom is 0.238 e. The van der Waals surface area contributed by atoms with Crippen molar-refractivity contribution in [2.45, 2.75) is 0 Å². The van der Waals surface area contributed by atoms with E-state index in [0.717, 1.165) is 29.7 Å². The fourth-order valence-corrected chi connectivity index (χ4v) is 1.90. The first-order valence-corrected chi connectivity index (χ1v) is 6.66. The molecule has 0 aliphatic rings. The van der Waals surface area contributed by atoms with Crippen molar-refractivity contribution < 1.29 is 4.79 Å². The zero-order chi connectivity index (χ0) is 14.4. The predicted octanol–water partition coefficient (Wildman–Crippen LogP) is 1.32. The van der Waals surface area contributed by atoms with Gasteiger partial charge in [-0.2, -0.15) is 0 Å². The van der Waals surface area contributed by atoms with Gasteiger partial charge in [0.25, 0.3) is 0 Å². The minimum atomic E-state index is -0.0538. The molecule has 1 heterocycles. The van der Waals surface area contributed by atoms with Crippen LogP contribution >= 0.6 is 0 Å². The van der Waals surface area contributed by atoms with Crippen LogP contribution in [0.1, 0.15) is 0 Å². The van der Waals surface area contributed by atoms with Gasteiger partial charge in [-0.15, -0.1) is 0 Å². The average Bonchev–Trinajstić information content (AvgIpc) is 2.44. The highest BCUT2D eigenvalue weighted by molar-refractivity contribution is 6.00. The van der Waals surface area contributed by atoms with Gasteiger partial charge in [-0.3, -0.25) is 9.78 Å². The van der Waals surface area contributed by atoms with Crippen molar-refractivity contribution in [2.75, 3.05) is 39.0 Å². The summed E-state index contributed by atoms with van der Waals surface area (Å²) in [5.74, 6) is -0.0538. The number of hydrogen-bond acceptors (Lipinski definition) is 4. The highest BCUT2D eigenvalue weighted by Gasteiger charge is 2.05. The highest BCUT2D eigenvalue weighted by Crippen LogP contribution is 2.20. The van der Waals surface area contributed by atoms with E-state index in [1.807, 2.05) is 44.4 Å². The van der Waals surface area contributed by atoms with Crippen LogP contribution in [0.4, 0.5) is 5.69 Å². The molecule has 0 bridgehead atoms. The second-order valence-corrected chi connectivity index (χ2v) is 4.91. The molecule has 2 N–H and O–H groups in total. The van der Waals surface area contributed by atoms with Crippen molar-refractivity contribution in [2.24, 2.45) is 0 Å². The molecule has 1 amide bonds. The topological polar surface area (TPSA) is 57.3 Å². The number of rotatable bonds is 6. The number of aromatic nitrogens is 1. The number of fused-ring (bicyclic) bond motifs is 1. The number of anilines is 1. The first-order chi connectivity index (χ1) is 9.66. The predicted molar refractivity (Wildman–Crippen MR) is 81.8 cm³/mol. The molecule has 0 spiro atoms. The SMILES string of the molecule is CN(C)CCNCC(=O)Nc1cccc2cccnc12. The van der Waals surface area contributed by atoms with Gasteiger partial charge >= 0.3 is 0 Å². The zero-order valence-corrected chi connectivity index (χ0v) is 11.9. The summed E-state index contributed by atoms with van der Waals surface area (Å²) < 4.78 is 0. The van der Waals surface area contributed by atoms with Gasteiger partial charge in [0.05, 0.1) is 17.7 Å². The van der Waals surface area contributed by atoms with Crippen LogP contribution in [0.5, 0.6) is 0 Å². The normalized spacial score (nSPS) is 10.9. The number of nitrogens with one attached hydrogen (secondary N) is 2. The van der Waals surface area contributed by atoms with Crippen LogP contribution in [0.2, 0.25) is 0 Å². The van der Waals surface area contributed by atoms with E-state index in [4.69, 9.17) is 0 Å². The molecule has 2 aromatic rings. The number of benzene rings is 1. The summed E-state index contributed by atoms with van der Waals surface area (Å²) in [6.45, 7) is 1.99. The lowest BCUT2D eigenvalue weighted by molar-refractivity contribution is -0.115. The van der Waals surface area contributed by atoms with Crippen LogP contribution in [-0.2, 0) is 4.79 Å². The van der Waals surface area contributed by atoms with Crippen LogP contribution in [0.25, 0.3) is 10.9 Å². The lowest BCUT2D eigenvalue weighted by Crippen LogP contribution is -2.33. The number of para-hydroxylation sites is 1. The molecule has 106 valence electrons. The fourth-order valence-electron chi connectivity index (χ4n) is 1.90. The Kier molecular flexibility index (Phi) is 5.03. The van der Waals surface area contributed by atoms with Gasteiger partial charge in [0.2, 0.25) is 5.91 Å². The van der Waals surface area contributed by atoms with E-state index >= 15 is 0 Å². The third kappa shape index (κ3) is 4.01. The third-order valence-corrected chi connectivity index (χ3v) is 2.93. The summed E-state index contributed by atoms with van der Waals surface area (Å²) in [4.78, 5) is 18.3. The first kappa shape index (κ1) is 14.4. The van der Waals surface area contributed by atoms with Crippen molar-refractivity contribution in [1.82, 2.24) is 15.2 Å². The van der Waals surface area contributed by atoms with Crippen molar-refractivity contribution in [1.29, 1.82) is 0 Å². The van der Waals surface area contributed by atoms with Crippen LogP contribution < -0.4 is 10.6 Å². The first-order valence-electron chi connectivity index (χ1n) is 6.66. The summed E-state index contributed by atoms with van der Waals surface area (Å²) in [5.41, 5.74) is 1.57. The quantitative estimate of drug-likeness (QED) is 0.779. The molecule has 5 nitrogen and oxygen atoms in total. The average molecular weight is 272 g/mol. The Bertz CT molecular complexity index is 578. The van der Waals surface area contributed by atoms with Gasteiger partial charge in [-0.1, -0.05) is 18.2 Å². The van der Waals surface area contributed by atoms with Gasteiger partial charge in [-0.25, -0.2) is 0 Å². The zero-order valence-electron chi connectivity index (χ0n) is 11.9. The Morgan fingerprint density at radius 1 is 1.25 bits per heavy atom. The smallest absolute Gasteiger partial charge is 0.238 e. The summed E-state index contributed by atoms with van der Waals surface area (Å²) in [6.07, 6.45) is 1.73. The molecule has 1 aromatic heterocycles. The number of likely N-dealkylation sites (N-methyl/N-ethyl adjacent to an activating group) is 1. The molecule has 0 radical (unpaired) electrons. The van der Waals surface area contributed by atoms with Crippen molar-refractivity contribution >= 4 is 22.5 Å². The highest BCUT2D eigenvalue weighted by atomic mass is 16.1. The maximum absolute atomic E-state index is 11.9. The Morgan fingerprint density at radius 3 is 2.85 bits per heavy atom. The van der Waals surface area contributed by atoms with E-state index in [1.165, 1.54) is 0 Å². The second-order valence-electron chi connectivity index (χ2n) is 4.91. The van der Waals surface area contributed by atoms with E-state index in [0.29, 0.717) is 6.54 Å². The molecule has 2 rings (SSSR count). The van der Waals surface area contributed by atoms with Crippen molar-refractivity contribution in [3.8, 4) is 0 Å². The number of pyridine rings is 1. The standard InChI is InChI=1S/C15H20N4O/c1-19(2)10-9-16-11-14(20)18-13-7-3-5-12-6-4-8-17-15(12)13/h3-8,16H,9-11H2,1-2H3,(H,18,20). The third-order valence-electron chi connectivity index (χ3n) is 2.93. The fraction of sp³-hybridized carbons (Fsp3) is 0.333. The van der Waals surface area contributed by atoms with Gasteiger partial charge in [-0.05, 0) is 26.2 Å². The van der Waals surface area contributed by atoms with Gasteiger partial charge in [0.1, 0.15) is 0 Å². The van der Waals surface area contributed by atoms with Gasteiger partial charge in [0, 0.05) is 24.7 Å². The monoisotopic (exact) mass is 272 g/mol. The summed E-state index contributed by atoms with van der Waals surface area (Å²) >= 11 is 0. The van der Waals surface area contributed by atoms with E-state index in [-0.39, 0.29) is 5.91 Å². The molecule has 0 atom stereocenters. The molecule has 0 saturated carbocycles. The molecule has 0 fully saturated rings. The summed E-state index contributed by atoms with van der Waals surface area (Å²) in [6, 6.07) is 9.63. The van der Waals surface area contributed by atoms with Crippen LogP contribution in [0, 0.1) is 0 Å². The van der Waals surface area contributed by atoms with Gasteiger partial charge < -0.3 is 15.5 Å². The van der Waals surface area contributed by atoms with E-state index in [2.05, 4.69) is 20.5 Å². The Hall–Kier alpha value is -1.98. The Morgan fingerprint density at radius 2 is 2.05 bits per heavy atom. The number of carbonyl (C=O) groups is 1. The van der Waals surface area contributed by atoms with E-state index in [1.54, 1.807) is 6.20 Å². The van der Waals surface area contributed by atoms with E-state index in [9.17, 15) is 4.79 Å². The molecule has 20 heavy (non-hydrogen) atoms. The lowest BCUT2D eigenvalue weighted by atomic mass is 10.2. The molecular weight excluding hydrogens is 252 g/mol. The summed E-state index contributed by atoms with van der Waals surface area (Å²) in [5, 5.41) is 7.03. The van der Waals surface area contributed by atoms with Crippen LogP contribution in [-0.4, -0.2) is 49.5 Å². The van der Waals surface area contributed by atoms with Crippen molar-refractivity contribution in [3.63, 3.8) is 0 Å². The number of nitrogens with zero attached hydrogens (tertiary/aromatic N) is 2. The number of hydrogen-bond donors (Lipinski definition) is 2. The molecule has 0 aliphatic carbocycles. The van der Waals surface area contributed by atoms with Crippen LogP contribution in [0.15, 0.2) is 36.5 Å². The molecule has 0 aliphatic heterocycles. The number of amides is 1. The lowest BCUT2D eigenvalue weighted by Gasteiger charge is -2.11. The minimum Gasteiger partial charge on any atom is -0.323 e. The van der Waals surface area contributed by atoms with Crippen molar-refractivity contribution in [3.05, 3.63) is 36.5 Å². The molecule has 0 unspecified atom stereocenters. The maximum atomic E-state index is 11.9. The second kappa shape index (κ2) is 6.98. The molecule has 5 heteroatoms. The largest absolute Gasteiger partial charge is 0.323 e. The molecular formula is C15H20N4O. The van der Waals surface area contributed by atoms with Gasteiger partial charge in [0.15, 0.2) is 0 Å². The Balaban J connectivity index is 1.93. The number of carbonyl (C=O) groups excluding carboxylic acids is 1. The minimum absolute atomic E-state index is 0.0538. The summed E-state index contributed by atoms with van der Waals surface area (Å²) in [7, 11) is 4.01.